The Morgan fingerprint density at radius 3 is 2.34 bits per heavy atom. The van der Waals surface area contributed by atoms with Crippen LogP contribution in [-0.2, 0) is 0 Å². The summed E-state index contributed by atoms with van der Waals surface area (Å²) in [4.78, 5) is 38.1. The van der Waals surface area contributed by atoms with Gasteiger partial charge in [-0.3, -0.25) is 14.9 Å². The Morgan fingerprint density at radius 2 is 1.53 bits per heavy atom. The van der Waals surface area contributed by atoms with Crippen molar-refractivity contribution in [2.45, 2.75) is 6.92 Å². The highest BCUT2D eigenvalue weighted by molar-refractivity contribution is 6.12. The van der Waals surface area contributed by atoms with Crippen LogP contribution < -0.4 is 16.4 Å². The van der Waals surface area contributed by atoms with Crippen LogP contribution in [0.15, 0.2) is 83.9 Å². The van der Waals surface area contributed by atoms with Crippen LogP contribution in [0.3, 0.4) is 0 Å². The molecule has 0 atom stereocenters. The van der Waals surface area contributed by atoms with Gasteiger partial charge < -0.3 is 11.1 Å². The van der Waals surface area contributed by atoms with E-state index in [9.17, 15) is 9.59 Å². The first-order chi connectivity index (χ1) is 15.5. The minimum absolute atomic E-state index is 0.143. The lowest BCUT2D eigenvalue weighted by Crippen LogP contribution is -2.37. The number of rotatable bonds is 4. The molecule has 8 heteroatoms. The van der Waals surface area contributed by atoms with Gasteiger partial charge in [-0.05, 0) is 37.3 Å². The molecule has 0 unspecified atom stereocenters. The molecule has 0 aliphatic rings. The standard InChI is InChI=1S/C24H20N6O2/c1-15-17-11-5-7-13-19(17)28-24(26-15)30-23(25)29-22(32)18-12-6-8-14-20(18)27-21(31)16-9-3-2-4-10-16/h2-14H,1H3,(H,27,31)(H3,25,26,28,29,30,32). The molecule has 0 spiro atoms. The zero-order valence-electron chi connectivity index (χ0n) is 17.2. The number of nitrogens with one attached hydrogen (secondary N) is 2. The quantitative estimate of drug-likeness (QED) is 0.341. The molecule has 0 aliphatic heterocycles. The molecular formula is C24H20N6O2. The second-order valence-corrected chi connectivity index (χ2v) is 6.94. The summed E-state index contributed by atoms with van der Waals surface area (Å²) in [5, 5.41) is 6.19. The number of aryl methyl sites for hydroxylation is 1. The zero-order valence-corrected chi connectivity index (χ0v) is 17.2. The lowest BCUT2D eigenvalue weighted by atomic mass is 10.1. The monoisotopic (exact) mass is 424 g/mol. The third kappa shape index (κ3) is 4.59. The number of hydrogen-bond acceptors (Lipinski definition) is 5. The first-order valence-corrected chi connectivity index (χ1v) is 9.85. The van der Waals surface area contributed by atoms with Crippen LogP contribution in [0.1, 0.15) is 26.4 Å². The predicted molar refractivity (Wildman–Crippen MR) is 124 cm³/mol. The summed E-state index contributed by atoms with van der Waals surface area (Å²) >= 11 is 0. The molecule has 158 valence electrons. The smallest absolute Gasteiger partial charge is 0.260 e. The molecule has 0 bridgehead atoms. The van der Waals surface area contributed by atoms with Gasteiger partial charge in [0.25, 0.3) is 17.8 Å². The van der Waals surface area contributed by atoms with Gasteiger partial charge in [0.15, 0.2) is 0 Å². The first-order valence-electron chi connectivity index (χ1n) is 9.85. The van der Waals surface area contributed by atoms with Crippen molar-refractivity contribution in [1.29, 1.82) is 0 Å². The Morgan fingerprint density at radius 1 is 0.844 bits per heavy atom. The summed E-state index contributed by atoms with van der Waals surface area (Å²) in [5.74, 6) is -0.862. The molecule has 1 aromatic heterocycles. The molecule has 1 heterocycles. The topological polar surface area (TPSA) is 122 Å². The van der Waals surface area contributed by atoms with Crippen LogP contribution in [0.25, 0.3) is 10.9 Å². The van der Waals surface area contributed by atoms with Crippen molar-refractivity contribution >= 4 is 40.3 Å². The number of nitrogens with zero attached hydrogens (tertiary/aromatic N) is 3. The molecule has 2 amide bonds. The van der Waals surface area contributed by atoms with Gasteiger partial charge in [0.05, 0.1) is 22.5 Å². The number of nitrogens with two attached hydrogens (primary N) is 1. The Kier molecular flexibility index (Phi) is 5.85. The van der Waals surface area contributed by atoms with E-state index in [-0.39, 0.29) is 23.4 Å². The molecule has 8 nitrogen and oxygen atoms in total. The Hall–Kier alpha value is -4.59. The first kappa shape index (κ1) is 20.7. The van der Waals surface area contributed by atoms with E-state index in [0.29, 0.717) is 11.3 Å². The van der Waals surface area contributed by atoms with Gasteiger partial charge in [-0.2, -0.15) is 4.99 Å². The fourth-order valence-corrected chi connectivity index (χ4v) is 3.16. The second-order valence-electron chi connectivity index (χ2n) is 6.94. The van der Waals surface area contributed by atoms with Gasteiger partial charge in [0.1, 0.15) is 0 Å². The van der Waals surface area contributed by atoms with Gasteiger partial charge in [0.2, 0.25) is 5.96 Å². The molecule has 0 aliphatic carbocycles. The summed E-state index contributed by atoms with van der Waals surface area (Å²) in [7, 11) is 0. The minimum atomic E-state index is -0.521. The van der Waals surface area contributed by atoms with Crippen LogP contribution in [0.5, 0.6) is 0 Å². The normalized spacial score (nSPS) is 11.2. The molecule has 0 saturated heterocycles. The molecule has 4 N–H and O–H groups in total. The molecule has 0 fully saturated rings. The number of anilines is 1. The maximum atomic E-state index is 12.8. The number of aromatic nitrogens is 2. The van der Waals surface area contributed by atoms with Crippen molar-refractivity contribution in [2.75, 3.05) is 5.32 Å². The summed E-state index contributed by atoms with van der Waals surface area (Å²) in [6.45, 7) is 1.85. The maximum absolute atomic E-state index is 12.8. The number of fused-ring (bicyclic) bond motifs is 1. The summed E-state index contributed by atoms with van der Waals surface area (Å²) in [6, 6.07) is 22.9. The molecule has 4 aromatic rings. The maximum Gasteiger partial charge on any atom is 0.260 e. The Bertz CT molecular complexity index is 1330. The van der Waals surface area contributed by atoms with Crippen molar-refractivity contribution in [3.8, 4) is 0 Å². The van der Waals surface area contributed by atoms with Gasteiger partial charge in [-0.25, -0.2) is 9.97 Å². The summed E-state index contributed by atoms with van der Waals surface area (Å²) < 4.78 is 0. The number of guanidine groups is 1. The van der Waals surface area contributed by atoms with Gasteiger partial charge in [0, 0.05) is 10.9 Å². The predicted octanol–water partition coefficient (Wildman–Crippen LogP) is 3.57. The summed E-state index contributed by atoms with van der Waals surface area (Å²) in [5.41, 5.74) is 8.48. The molecule has 0 saturated carbocycles. The number of amides is 2. The van der Waals surface area contributed by atoms with Gasteiger partial charge in [-0.1, -0.05) is 48.5 Å². The highest BCUT2D eigenvalue weighted by Gasteiger charge is 2.15. The lowest BCUT2D eigenvalue weighted by molar-refractivity contribution is 0.0977. The molecule has 32 heavy (non-hydrogen) atoms. The lowest BCUT2D eigenvalue weighted by Gasteiger charge is -2.11. The van der Waals surface area contributed by atoms with E-state index < -0.39 is 5.91 Å². The number of aliphatic imine (C=N–C) groups is 1. The second kappa shape index (κ2) is 9.05. The zero-order chi connectivity index (χ0) is 22.5. The SMILES string of the molecule is Cc1nc(/N=C(/N)NC(=O)c2ccccc2NC(=O)c2ccccc2)nc2ccccc12. The van der Waals surface area contributed by atoms with E-state index >= 15 is 0 Å². The van der Waals surface area contributed by atoms with Crippen molar-refractivity contribution in [1.82, 2.24) is 15.3 Å². The Labute approximate surface area is 184 Å². The highest BCUT2D eigenvalue weighted by Crippen LogP contribution is 2.18. The third-order valence-corrected chi connectivity index (χ3v) is 4.70. The van der Waals surface area contributed by atoms with Crippen LogP contribution in [0.2, 0.25) is 0 Å². The fraction of sp³-hybridized carbons (Fsp3) is 0.0417. The van der Waals surface area contributed by atoms with Gasteiger partial charge >= 0.3 is 0 Å². The molecule has 4 rings (SSSR count). The number of carbonyl (C=O) groups is 2. The van der Waals surface area contributed by atoms with Gasteiger partial charge in [-0.15, -0.1) is 0 Å². The number of carbonyl (C=O) groups excluding carboxylic acids is 2. The molecule has 0 radical (unpaired) electrons. The average molecular weight is 424 g/mol. The fourth-order valence-electron chi connectivity index (χ4n) is 3.16. The summed E-state index contributed by atoms with van der Waals surface area (Å²) in [6.07, 6.45) is 0. The van der Waals surface area contributed by atoms with Crippen LogP contribution in [0.4, 0.5) is 11.6 Å². The molecule has 3 aromatic carbocycles. The Balaban J connectivity index is 1.53. The molecular weight excluding hydrogens is 404 g/mol. The highest BCUT2D eigenvalue weighted by atomic mass is 16.2. The van der Waals surface area contributed by atoms with E-state index in [1.807, 2.05) is 37.3 Å². The van der Waals surface area contributed by atoms with Crippen molar-refractivity contribution in [2.24, 2.45) is 10.7 Å². The van der Waals surface area contributed by atoms with E-state index in [1.165, 1.54) is 0 Å². The number of benzene rings is 3. The van der Waals surface area contributed by atoms with Crippen LogP contribution in [0, 0.1) is 6.92 Å². The van der Waals surface area contributed by atoms with E-state index in [4.69, 9.17) is 5.73 Å². The van der Waals surface area contributed by atoms with E-state index in [0.717, 1.165) is 16.6 Å². The van der Waals surface area contributed by atoms with Crippen molar-refractivity contribution in [3.63, 3.8) is 0 Å². The van der Waals surface area contributed by atoms with Crippen molar-refractivity contribution < 1.29 is 9.59 Å². The number of para-hydroxylation sites is 2. The average Bonchev–Trinajstić information content (AvgIpc) is 2.80. The third-order valence-electron chi connectivity index (χ3n) is 4.70. The van der Waals surface area contributed by atoms with E-state index in [2.05, 4.69) is 25.6 Å². The van der Waals surface area contributed by atoms with Crippen LogP contribution in [-0.4, -0.2) is 27.7 Å². The minimum Gasteiger partial charge on any atom is -0.369 e. The number of hydrogen-bond donors (Lipinski definition) is 3. The van der Waals surface area contributed by atoms with Crippen molar-refractivity contribution in [3.05, 3.63) is 95.7 Å². The van der Waals surface area contributed by atoms with Crippen LogP contribution >= 0.6 is 0 Å². The van der Waals surface area contributed by atoms with E-state index in [1.54, 1.807) is 48.5 Å². The largest absolute Gasteiger partial charge is 0.369 e.